The molecule has 3 atom stereocenters. The standard InChI is InChI=1S/C28H36N2O/c1-31-24-18-16-23(17-19-24)26-27-25(22-14-10-9-11-15-22)29-28(30(26)27)20-12-7-5-3-2-4-6-8-13-21-28/h9-11,14-19,26-27H,2-8,12-13,20-21H2,1H3. The lowest BCUT2D eigenvalue weighted by Gasteiger charge is -2.31. The summed E-state index contributed by atoms with van der Waals surface area (Å²) in [6.45, 7) is 0. The molecule has 3 heteroatoms. The van der Waals surface area contributed by atoms with Crippen LogP contribution in [-0.2, 0) is 0 Å². The van der Waals surface area contributed by atoms with Crippen molar-refractivity contribution in [2.45, 2.75) is 88.4 Å². The van der Waals surface area contributed by atoms with E-state index in [-0.39, 0.29) is 5.66 Å². The number of methoxy groups -OCH3 is 1. The summed E-state index contributed by atoms with van der Waals surface area (Å²) in [6.07, 6.45) is 14.7. The Kier molecular flexibility index (Phi) is 6.13. The van der Waals surface area contributed by atoms with Crippen molar-refractivity contribution in [3.8, 4) is 5.75 Å². The molecule has 0 aromatic heterocycles. The van der Waals surface area contributed by atoms with Crippen LogP contribution in [0.1, 0.15) is 87.8 Å². The van der Waals surface area contributed by atoms with Gasteiger partial charge in [-0.2, -0.15) is 0 Å². The molecule has 1 spiro atoms. The topological polar surface area (TPSA) is 24.6 Å². The normalized spacial score (nSPS) is 28.2. The van der Waals surface area contributed by atoms with Gasteiger partial charge < -0.3 is 4.74 Å². The third-order valence-electron chi connectivity index (χ3n) is 7.58. The van der Waals surface area contributed by atoms with E-state index in [1.54, 1.807) is 7.11 Å². The third kappa shape index (κ3) is 4.17. The molecule has 2 aliphatic heterocycles. The summed E-state index contributed by atoms with van der Waals surface area (Å²) in [7, 11) is 1.74. The molecule has 5 rings (SSSR count). The van der Waals surface area contributed by atoms with Gasteiger partial charge in [-0.1, -0.05) is 87.4 Å². The van der Waals surface area contributed by atoms with Crippen molar-refractivity contribution in [1.82, 2.24) is 4.90 Å². The van der Waals surface area contributed by atoms with E-state index in [2.05, 4.69) is 59.5 Å². The van der Waals surface area contributed by atoms with Crippen LogP contribution in [0.25, 0.3) is 0 Å². The number of hydrogen-bond donors (Lipinski definition) is 0. The van der Waals surface area contributed by atoms with Crippen molar-refractivity contribution in [1.29, 1.82) is 0 Å². The maximum atomic E-state index is 5.54. The Balaban J connectivity index is 1.47. The van der Waals surface area contributed by atoms with Crippen LogP contribution in [0.4, 0.5) is 0 Å². The number of nitrogens with zero attached hydrogens (tertiary/aromatic N) is 2. The van der Waals surface area contributed by atoms with Crippen LogP contribution in [-0.4, -0.2) is 29.4 Å². The van der Waals surface area contributed by atoms with Crippen molar-refractivity contribution < 1.29 is 4.74 Å². The van der Waals surface area contributed by atoms with E-state index in [1.165, 1.54) is 87.5 Å². The fraction of sp³-hybridized carbons (Fsp3) is 0.536. The van der Waals surface area contributed by atoms with Gasteiger partial charge in [0.15, 0.2) is 0 Å². The highest BCUT2D eigenvalue weighted by atomic mass is 16.5. The molecule has 2 aromatic carbocycles. The number of hydrogen-bond acceptors (Lipinski definition) is 3. The summed E-state index contributed by atoms with van der Waals surface area (Å²) >= 11 is 0. The van der Waals surface area contributed by atoms with E-state index in [0.717, 1.165) is 5.75 Å². The monoisotopic (exact) mass is 416 g/mol. The molecule has 1 saturated carbocycles. The SMILES string of the molecule is COc1ccc(C2C3C(c4ccccc4)=NC4(CCCCCCCCCCC4)N32)cc1. The largest absolute Gasteiger partial charge is 0.497 e. The van der Waals surface area contributed by atoms with Crippen molar-refractivity contribution in [3.63, 3.8) is 0 Å². The van der Waals surface area contributed by atoms with Gasteiger partial charge in [0, 0.05) is 0 Å². The summed E-state index contributed by atoms with van der Waals surface area (Å²) in [4.78, 5) is 8.29. The average Bonchev–Trinajstić information content (AvgIpc) is 3.47. The van der Waals surface area contributed by atoms with Crippen LogP contribution < -0.4 is 4.74 Å². The van der Waals surface area contributed by atoms with E-state index < -0.39 is 0 Å². The van der Waals surface area contributed by atoms with Gasteiger partial charge in [0.25, 0.3) is 0 Å². The zero-order valence-corrected chi connectivity index (χ0v) is 18.9. The Hall–Kier alpha value is -2.13. The molecular formula is C28H36N2O. The van der Waals surface area contributed by atoms with Gasteiger partial charge in [-0.25, -0.2) is 0 Å². The predicted molar refractivity (Wildman–Crippen MR) is 128 cm³/mol. The number of benzene rings is 2. The Morgan fingerprint density at radius 1 is 0.742 bits per heavy atom. The molecule has 2 heterocycles. The van der Waals surface area contributed by atoms with Crippen LogP contribution in [0.2, 0.25) is 0 Å². The quantitative estimate of drug-likeness (QED) is 0.507. The van der Waals surface area contributed by atoms with Crippen LogP contribution in [0.3, 0.4) is 0 Å². The molecule has 164 valence electrons. The first-order valence-electron chi connectivity index (χ1n) is 12.4. The zero-order chi connectivity index (χ0) is 21.1. The molecule has 0 radical (unpaired) electrons. The molecular weight excluding hydrogens is 380 g/mol. The molecule has 31 heavy (non-hydrogen) atoms. The number of rotatable bonds is 3. The first-order chi connectivity index (χ1) is 15.3. The Bertz CT molecular complexity index is 877. The molecule has 1 aliphatic carbocycles. The fourth-order valence-corrected chi connectivity index (χ4v) is 5.92. The van der Waals surface area contributed by atoms with Gasteiger partial charge in [0.05, 0.1) is 24.9 Å². The second kappa shape index (κ2) is 9.16. The molecule has 2 aromatic rings. The molecule has 1 saturated heterocycles. The van der Waals surface area contributed by atoms with Gasteiger partial charge in [0.1, 0.15) is 11.4 Å². The number of aliphatic imine (C=N–C) groups is 1. The summed E-state index contributed by atoms with van der Waals surface area (Å²) in [5.41, 5.74) is 4.00. The van der Waals surface area contributed by atoms with Crippen molar-refractivity contribution in [3.05, 3.63) is 65.7 Å². The minimum Gasteiger partial charge on any atom is -0.497 e. The maximum Gasteiger partial charge on any atom is 0.118 e. The van der Waals surface area contributed by atoms with Gasteiger partial charge in [-0.05, 0) is 48.9 Å². The van der Waals surface area contributed by atoms with Gasteiger partial charge >= 0.3 is 0 Å². The molecule has 3 unspecified atom stereocenters. The van der Waals surface area contributed by atoms with Crippen LogP contribution in [0.5, 0.6) is 5.75 Å². The van der Waals surface area contributed by atoms with Crippen molar-refractivity contribution >= 4 is 5.71 Å². The van der Waals surface area contributed by atoms with Crippen LogP contribution >= 0.6 is 0 Å². The van der Waals surface area contributed by atoms with Crippen LogP contribution in [0.15, 0.2) is 59.6 Å². The summed E-state index contributed by atoms with van der Waals surface area (Å²) in [5.74, 6) is 0.933. The van der Waals surface area contributed by atoms with E-state index in [1.807, 2.05) is 0 Å². The van der Waals surface area contributed by atoms with Crippen LogP contribution in [0, 0.1) is 0 Å². The van der Waals surface area contributed by atoms with Crippen molar-refractivity contribution in [2.75, 3.05) is 7.11 Å². The van der Waals surface area contributed by atoms with E-state index in [9.17, 15) is 0 Å². The predicted octanol–water partition coefficient (Wildman–Crippen LogP) is 6.92. The van der Waals surface area contributed by atoms with Gasteiger partial charge in [0.2, 0.25) is 0 Å². The van der Waals surface area contributed by atoms with Gasteiger partial charge in [-0.15, -0.1) is 0 Å². The second-order valence-corrected chi connectivity index (χ2v) is 9.60. The first kappa shape index (κ1) is 20.8. The highest BCUT2D eigenvalue weighted by molar-refractivity contribution is 6.08. The minimum atomic E-state index is -0.0143. The second-order valence-electron chi connectivity index (χ2n) is 9.60. The maximum absolute atomic E-state index is 5.54. The Morgan fingerprint density at radius 2 is 1.32 bits per heavy atom. The molecule has 3 aliphatic rings. The summed E-state index contributed by atoms with van der Waals surface area (Å²) < 4.78 is 5.40. The average molecular weight is 417 g/mol. The summed E-state index contributed by atoms with van der Waals surface area (Å²) in [5, 5.41) is 0. The lowest BCUT2D eigenvalue weighted by atomic mass is 9.92. The third-order valence-corrected chi connectivity index (χ3v) is 7.58. The highest BCUT2D eigenvalue weighted by Crippen LogP contribution is 2.58. The number of ether oxygens (including phenoxy) is 1. The Morgan fingerprint density at radius 3 is 1.90 bits per heavy atom. The molecule has 0 bridgehead atoms. The summed E-state index contributed by atoms with van der Waals surface area (Å²) in [6, 6.07) is 20.5. The van der Waals surface area contributed by atoms with E-state index in [0.29, 0.717) is 12.1 Å². The smallest absolute Gasteiger partial charge is 0.118 e. The zero-order valence-electron chi connectivity index (χ0n) is 18.9. The highest BCUT2D eigenvalue weighted by Gasteiger charge is 2.64. The molecule has 0 amide bonds. The molecule has 0 N–H and O–H groups in total. The van der Waals surface area contributed by atoms with E-state index in [4.69, 9.17) is 9.73 Å². The van der Waals surface area contributed by atoms with Crippen molar-refractivity contribution in [2.24, 2.45) is 4.99 Å². The minimum absolute atomic E-state index is 0.0143. The Labute approximate surface area is 187 Å². The molecule has 3 nitrogen and oxygen atoms in total. The molecule has 2 fully saturated rings. The number of fused-ring (bicyclic) bond motifs is 2. The lowest BCUT2D eigenvalue weighted by Crippen LogP contribution is -2.34. The fourth-order valence-electron chi connectivity index (χ4n) is 5.92. The lowest BCUT2D eigenvalue weighted by molar-refractivity contribution is 0.182. The first-order valence-corrected chi connectivity index (χ1v) is 12.4. The van der Waals surface area contributed by atoms with E-state index >= 15 is 0 Å². The van der Waals surface area contributed by atoms with Gasteiger partial charge in [-0.3, -0.25) is 9.89 Å².